The number of nitrogens with two attached hydrogens (primary N) is 1. The summed E-state index contributed by atoms with van der Waals surface area (Å²) in [6, 6.07) is 10.6. The van der Waals surface area contributed by atoms with Gasteiger partial charge in [0.25, 0.3) is 5.56 Å². The summed E-state index contributed by atoms with van der Waals surface area (Å²) in [4.78, 5) is 11.2. The normalized spacial score (nSPS) is 10.2. The average molecular weight is 201 g/mol. The highest BCUT2D eigenvalue weighted by Crippen LogP contribution is 2.21. The Morgan fingerprint density at radius 2 is 1.93 bits per heavy atom. The summed E-state index contributed by atoms with van der Waals surface area (Å²) in [6.45, 7) is 0. The van der Waals surface area contributed by atoms with E-state index in [1.165, 1.54) is 10.7 Å². The molecule has 76 valence electrons. The van der Waals surface area contributed by atoms with Crippen LogP contribution in [0, 0.1) is 0 Å². The lowest BCUT2D eigenvalue weighted by Crippen LogP contribution is -2.18. The summed E-state index contributed by atoms with van der Waals surface area (Å²) < 4.78 is 1.29. The van der Waals surface area contributed by atoms with E-state index in [0.29, 0.717) is 11.4 Å². The molecule has 2 rings (SSSR count). The number of nitrogen functional groups attached to an aromatic ring is 1. The van der Waals surface area contributed by atoms with E-state index in [-0.39, 0.29) is 5.56 Å². The van der Waals surface area contributed by atoms with Gasteiger partial charge in [0.2, 0.25) is 0 Å². The molecule has 0 aliphatic rings. The molecular formula is C11H11N3O. The Labute approximate surface area is 87.0 Å². The van der Waals surface area contributed by atoms with E-state index in [1.807, 2.05) is 24.3 Å². The van der Waals surface area contributed by atoms with Crippen molar-refractivity contribution >= 4 is 5.69 Å². The van der Waals surface area contributed by atoms with Gasteiger partial charge in [0.15, 0.2) is 0 Å². The van der Waals surface area contributed by atoms with Gasteiger partial charge in [-0.2, -0.15) is 5.10 Å². The van der Waals surface area contributed by atoms with Crippen molar-refractivity contribution in [3.8, 4) is 11.3 Å². The lowest BCUT2D eigenvalue weighted by atomic mass is 10.1. The third-order valence-electron chi connectivity index (χ3n) is 2.20. The molecule has 0 aliphatic carbocycles. The van der Waals surface area contributed by atoms with Crippen LogP contribution in [0.1, 0.15) is 0 Å². The Bertz CT molecular complexity index is 546. The van der Waals surface area contributed by atoms with Crippen LogP contribution < -0.4 is 11.3 Å². The average Bonchev–Trinajstić information content (AvgIpc) is 2.23. The third-order valence-corrected chi connectivity index (χ3v) is 2.20. The summed E-state index contributed by atoms with van der Waals surface area (Å²) >= 11 is 0. The van der Waals surface area contributed by atoms with Crippen LogP contribution in [0.5, 0.6) is 0 Å². The zero-order valence-corrected chi connectivity index (χ0v) is 8.34. The fourth-order valence-electron chi connectivity index (χ4n) is 1.38. The van der Waals surface area contributed by atoms with Crippen LogP contribution >= 0.6 is 0 Å². The lowest BCUT2D eigenvalue weighted by molar-refractivity contribution is 0.712. The quantitative estimate of drug-likeness (QED) is 0.701. The van der Waals surface area contributed by atoms with Crippen molar-refractivity contribution in [3.05, 3.63) is 46.8 Å². The number of rotatable bonds is 1. The zero-order valence-electron chi connectivity index (χ0n) is 8.34. The molecule has 1 heterocycles. The largest absolute Gasteiger partial charge is 0.398 e. The monoisotopic (exact) mass is 201 g/mol. The molecular weight excluding hydrogens is 190 g/mol. The molecule has 0 saturated carbocycles. The van der Waals surface area contributed by atoms with Crippen LogP contribution in [0.3, 0.4) is 0 Å². The predicted octanol–water partition coefficient (Wildman–Crippen LogP) is 1.03. The van der Waals surface area contributed by atoms with Gasteiger partial charge < -0.3 is 5.73 Å². The molecule has 0 aliphatic heterocycles. The molecule has 0 spiro atoms. The first-order valence-corrected chi connectivity index (χ1v) is 4.58. The zero-order chi connectivity index (χ0) is 10.8. The maximum atomic E-state index is 11.2. The van der Waals surface area contributed by atoms with Crippen LogP contribution in [0.15, 0.2) is 41.2 Å². The Balaban J connectivity index is 2.60. The van der Waals surface area contributed by atoms with Crippen molar-refractivity contribution in [1.29, 1.82) is 0 Å². The van der Waals surface area contributed by atoms with Crippen molar-refractivity contribution in [1.82, 2.24) is 9.78 Å². The van der Waals surface area contributed by atoms with E-state index in [0.717, 1.165) is 5.56 Å². The van der Waals surface area contributed by atoms with E-state index in [2.05, 4.69) is 5.10 Å². The van der Waals surface area contributed by atoms with Crippen LogP contribution in [0.4, 0.5) is 5.69 Å². The first-order chi connectivity index (χ1) is 7.18. The number of nitrogens with zero attached hydrogens (tertiary/aromatic N) is 2. The van der Waals surface area contributed by atoms with Crippen molar-refractivity contribution in [2.24, 2.45) is 7.05 Å². The minimum Gasteiger partial charge on any atom is -0.398 e. The van der Waals surface area contributed by atoms with E-state index in [4.69, 9.17) is 5.73 Å². The Morgan fingerprint density at radius 1 is 1.20 bits per heavy atom. The molecule has 0 amide bonds. The Morgan fingerprint density at radius 3 is 2.60 bits per heavy atom. The third kappa shape index (κ3) is 1.74. The molecule has 4 nitrogen and oxygen atoms in total. The van der Waals surface area contributed by atoms with Gasteiger partial charge >= 0.3 is 0 Å². The highest BCUT2D eigenvalue weighted by atomic mass is 16.1. The first kappa shape index (κ1) is 9.45. The van der Waals surface area contributed by atoms with Crippen LogP contribution in [0.2, 0.25) is 0 Å². The number of aryl methyl sites for hydroxylation is 1. The van der Waals surface area contributed by atoms with Gasteiger partial charge in [-0.25, -0.2) is 4.68 Å². The van der Waals surface area contributed by atoms with E-state index < -0.39 is 0 Å². The SMILES string of the molecule is Cn1nc(-c2ccccc2N)ccc1=O. The van der Waals surface area contributed by atoms with Gasteiger partial charge in [-0.15, -0.1) is 0 Å². The number of aromatic nitrogens is 2. The predicted molar refractivity (Wildman–Crippen MR) is 59.3 cm³/mol. The second-order valence-electron chi connectivity index (χ2n) is 3.27. The highest BCUT2D eigenvalue weighted by Gasteiger charge is 2.03. The molecule has 0 bridgehead atoms. The molecule has 0 saturated heterocycles. The molecule has 2 aromatic rings. The number of para-hydroxylation sites is 1. The van der Waals surface area contributed by atoms with Crippen molar-refractivity contribution in [2.75, 3.05) is 5.73 Å². The number of anilines is 1. The Kier molecular flexibility index (Phi) is 2.25. The fourth-order valence-corrected chi connectivity index (χ4v) is 1.38. The maximum absolute atomic E-state index is 11.2. The molecule has 0 unspecified atom stereocenters. The van der Waals surface area contributed by atoms with Gasteiger partial charge in [-0.1, -0.05) is 18.2 Å². The van der Waals surface area contributed by atoms with Crippen LogP contribution in [0.25, 0.3) is 11.3 Å². The molecule has 1 aromatic carbocycles. The summed E-state index contributed by atoms with van der Waals surface area (Å²) in [7, 11) is 1.62. The number of benzene rings is 1. The van der Waals surface area contributed by atoms with E-state index in [1.54, 1.807) is 13.1 Å². The van der Waals surface area contributed by atoms with E-state index in [9.17, 15) is 4.79 Å². The summed E-state index contributed by atoms with van der Waals surface area (Å²) in [5.74, 6) is 0. The summed E-state index contributed by atoms with van der Waals surface area (Å²) in [5, 5.41) is 4.13. The maximum Gasteiger partial charge on any atom is 0.266 e. The minimum absolute atomic E-state index is 0.131. The van der Waals surface area contributed by atoms with Crippen molar-refractivity contribution < 1.29 is 0 Å². The fraction of sp³-hybridized carbons (Fsp3) is 0.0909. The molecule has 4 heteroatoms. The lowest BCUT2D eigenvalue weighted by Gasteiger charge is -2.05. The second-order valence-corrected chi connectivity index (χ2v) is 3.27. The highest BCUT2D eigenvalue weighted by molar-refractivity contribution is 5.72. The standard InChI is InChI=1S/C11H11N3O/c1-14-11(15)7-6-10(13-14)8-4-2-3-5-9(8)12/h2-7H,12H2,1H3. The summed E-state index contributed by atoms with van der Waals surface area (Å²) in [5.41, 5.74) is 7.88. The topological polar surface area (TPSA) is 60.9 Å². The van der Waals surface area contributed by atoms with Gasteiger partial charge in [-0.05, 0) is 12.1 Å². The smallest absolute Gasteiger partial charge is 0.266 e. The first-order valence-electron chi connectivity index (χ1n) is 4.58. The minimum atomic E-state index is -0.131. The molecule has 0 fully saturated rings. The van der Waals surface area contributed by atoms with Gasteiger partial charge in [0.05, 0.1) is 5.69 Å². The number of hydrogen-bond acceptors (Lipinski definition) is 3. The van der Waals surface area contributed by atoms with Crippen LogP contribution in [-0.4, -0.2) is 9.78 Å². The van der Waals surface area contributed by atoms with Gasteiger partial charge in [0.1, 0.15) is 0 Å². The van der Waals surface area contributed by atoms with Crippen LogP contribution in [-0.2, 0) is 7.05 Å². The van der Waals surface area contributed by atoms with Crippen molar-refractivity contribution in [3.63, 3.8) is 0 Å². The van der Waals surface area contributed by atoms with Gasteiger partial charge in [-0.3, -0.25) is 4.79 Å². The molecule has 15 heavy (non-hydrogen) atoms. The van der Waals surface area contributed by atoms with Gasteiger partial charge in [0, 0.05) is 24.4 Å². The Hall–Kier alpha value is -2.10. The summed E-state index contributed by atoms with van der Waals surface area (Å²) in [6.07, 6.45) is 0. The van der Waals surface area contributed by atoms with Crippen molar-refractivity contribution in [2.45, 2.75) is 0 Å². The molecule has 0 radical (unpaired) electrons. The molecule has 0 atom stereocenters. The number of hydrogen-bond donors (Lipinski definition) is 1. The molecule has 2 N–H and O–H groups in total. The molecule has 1 aromatic heterocycles. The van der Waals surface area contributed by atoms with E-state index >= 15 is 0 Å². The second kappa shape index (κ2) is 3.57.